The van der Waals surface area contributed by atoms with Gasteiger partial charge in [-0.15, -0.1) is 0 Å². The van der Waals surface area contributed by atoms with Crippen LogP contribution in [0.1, 0.15) is 38.2 Å². The molecule has 4 nitrogen and oxygen atoms in total. The van der Waals surface area contributed by atoms with Crippen molar-refractivity contribution in [2.75, 3.05) is 33.9 Å². The average Bonchev–Trinajstić information content (AvgIpc) is 2.59. The number of ether oxygens (including phenoxy) is 2. The van der Waals surface area contributed by atoms with E-state index in [1.54, 1.807) is 19.2 Å². The fraction of sp³-hybridized carbons (Fsp3) is 0.632. The second-order valence-electron chi connectivity index (χ2n) is 6.22. The lowest BCUT2D eigenvalue weighted by Crippen LogP contribution is -2.40. The first-order chi connectivity index (χ1) is 12.0. The molecule has 0 spiro atoms. The average molecular weight is 374 g/mol. The molecule has 0 saturated carbocycles. The van der Waals surface area contributed by atoms with Gasteiger partial charge in [0, 0.05) is 44.3 Å². The molecule has 1 heterocycles. The minimum atomic E-state index is -0.320. The second kappa shape index (κ2) is 12.2. The molecule has 142 valence electrons. The molecule has 6 heteroatoms. The molecule has 0 N–H and O–H groups in total. The molecule has 1 unspecified atom stereocenters. The van der Waals surface area contributed by atoms with E-state index in [1.807, 2.05) is 4.90 Å². The van der Waals surface area contributed by atoms with Crippen LogP contribution in [0, 0.1) is 11.7 Å². The topological polar surface area (TPSA) is 38.8 Å². The summed E-state index contributed by atoms with van der Waals surface area (Å²) in [6.45, 7) is 4.96. The van der Waals surface area contributed by atoms with Gasteiger partial charge >= 0.3 is 0 Å². The van der Waals surface area contributed by atoms with Gasteiger partial charge in [-0.05, 0) is 37.3 Å². The van der Waals surface area contributed by atoms with Crippen molar-refractivity contribution < 1.29 is 18.7 Å². The van der Waals surface area contributed by atoms with Crippen molar-refractivity contribution in [1.82, 2.24) is 4.90 Å². The fourth-order valence-corrected chi connectivity index (χ4v) is 2.99. The predicted molar refractivity (Wildman–Crippen MR) is 98.2 cm³/mol. The number of hydrogen-bond donors (Lipinski definition) is 0. The molecule has 1 atom stereocenters. The van der Waals surface area contributed by atoms with Gasteiger partial charge in [0.2, 0.25) is 5.91 Å². The number of nitrogens with zero attached hydrogens (tertiary/aromatic N) is 1. The molecular formula is C19H29ClFNO3. The lowest BCUT2D eigenvalue weighted by molar-refractivity contribution is -0.133. The van der Waals surface area contributed by atoms with Crippen LogP contribution in [0.3, 0.4) is 0 Å². The Hall–Kier alpha value is -1.17. The number of carbonyl (C=O) groups is 1. The maximum absolute atomic E-state index is 12.9. The molecule has 1 aliphatic rings. The maximum atomic E-state index is 12.9. The van der Waals surface area contributed by atoms with E-state index in [-0.39, 0.29) is 12.4 Å². The Bertz CT molecular complexity index is 525. The highest BCUT2D eigenvalue weighted by Crippen LogP contribution is 2.17. The predicted octanol–water partition coefficient (Wildman–Crippen LogP) is 4.30. The van der Waals surface area contributed by atoms with Gasteiger partial charge in [0.15, 0.2) is 0 Å². The van der Waals surface area contributed by atoms with Crippen LogP contribution in [-0.2, 0) is 20.9 Å². The Kier molecular flexibility index (Phi) is 10.7. The zero-order valence-corrected chi connectivity index (χ0v) is 16.2. The zero-order valence-electron chi connectivity index (χ0n) is 15.4. The number of carbonyl (C=O) groups excluding carboxylic acids is 1. The highest BCUT2D eigenvalue weighted by Gasteiger charge is 2.22. The van der Waals surface area contributed by atoms with Crippen molar-refractivity contribution in [3.63, 3.8) is 0 Å². The zero-order chi connectivity index (χ0) is 18.7. The summed E-state index contributed by atoms with van der Waals surface area (Å²) >= 11 is 5.54. The fourth-order valence-electron chi connectivity index (χ4n) is 2.83. The van der Waals surface area contributed by atoms with E-state index in [1.165, 1.54) is 19.6 Å². The van der Waals surface area contributed by atoms with Crippen molar-refractivity contribution in [2.24, 2.45) is 5.92 Å². The third-order valence-electron chi connectivity index (χ3n) is 4.05. The Morgan fingerprint density at radius 3 is 2.72 bits per heavy atom. The normalized spacial score (nSPS) is 17.0. The highest BCUT2D eigenvalue weighted by molar-refractivity contribution is 6.30. The van der Waals surface area contributed by atoms with Crippen molar-refractivity contribution >= 4 is 17.5 Å². The third-order valence-corrected chi connectivity index (χ3v) is 4.29. The molecule has 1 saturated heterocycles. The summed E-state index contributed by atoms with van der Waals surface area (Å²) in [5.74, 6) is 0.544. The van der Waals surface area contributed by atoms with Crippen LogP contribution in [0.15, 0.2) is 18.2 Å². The minimum Gasteiger partial charge on any atom is -0.384 e. The Labute approximate surface area is 155 Å². The van der Waals surface area contributed by atoms with Gasteiger partial charge in [0.05, 0.1) is 13.2 Å². The molecular weight excluding hydrogens is 345 g/mol. The van der Waals surface area contributed by atoms with Gasteiger partial charge in [-0.3, -0.25) is 4.79 Å². The van der Waals surface area contributed by atoms with E-state index in [0.29, 0.717) is 28.8 Å². The summed E-state index contributed by atoms with van der Waals surface area (Å²) in [7, 11) is 3.25. The van der Waals surface area contributed by atoms with Crippen molar-refractivity contribution in [2.45, 2.75) is 39.2 Å². The van der Waals surface area contributed by atoms with E-state index in [0.717, 1.165) is 32.5 Å². The van der Waals surface area contributed by atoms with Crippen LogP contribution in [0.5, 0.6) is 0 Å². The number of amides is 1. The number of benzene rings is 1. The molecule has 1 aliphatic heterocycles. The smallest absolute Gasteiger partial charge is 0.222 e. The van der Waals surface area contributed by atoms with Gasteiger partial charge in [-0.2, -0.15) is 0 Å². The summed E-state index contributed by atoms with van der Waals surface area (Å²) in [6, 6.07) is 4.52. The van der Waals surface area contributed by atoms with Gasteiger partial charge in [0.1, 0.15) is 5.82 Å². The standard InChI is InChI=1S/C11H21NO2.C8H8ClFO/c1-3-5-11(13)12-7-4-6-10(8-12)9-14-2;1-11-5-6-2-3-7(9)4-8(6)10/h10H,3-9H2,1-2H3;2-4H,5H2,1H3. The molecule has 1 fully saturated rings. The molecule has 1 aromatic carbocycles. The first-order valence-corrected chi connectivity index (χ1v) is 9.09. The molecule has 1 aromatic rings. The largest absolute Gasteiger partial charge is 0.384 e. The molecule has 0 radical (unpaired) electrons. The lowest BCUT2D eigenvalue weighted by atomic mass is 9.98. The lowest BCUT2D eigenvalue weighted by Gasteiger charge is -2.32. The van der Waals surface area contributed by atoms with E-state index in [9.17, 15) is 9.18 Å². The highest BCUT2D eigenvalue weighted by atomic mass is 35.5. The number of halogens is 2. The van der Waals surface area contributed by atoms with E-state index in [2.05, 4.69) is 6.92 Å². The first kappa shape index (κ1) is 21.9. The first-order valence-electron chi connectivity index (χ1n) is 8.71. The van der Waals surface area contributed by atoms with Crippen molar-refractivity contribution in [3.8, 4) is 0 Å². The van der Waals surface area contributed by atoms with Crippen LogP contribution >= 0.6 is 11.6 Å². The number of hydrogen-bond acceptors (Lipinski definition) is 3. The summed E-state index contributed by atoms with van der Waals surface area (Å²) in [5, 5.41) is 0.405. The van der Waals surface area contributed by atoms with Crippen LogP contribution in [0.2, 0.25) is 5.02 Å². The van der Waals surface area contributed by atoms with E-state index in [4.69, 9.17) is 21.1 Å². The van der Waals surface area contributed by atoms with Gasteiger partial charge in [-0.1, -0.05) is 24.6 Å². The summed E-state index contributed by atoms with van der Waals surface area (Å²) in [4.78, 5) is 13.6. The molecule has 2 rings (SSSR count). The summed E-state index contributed by atoms with van der Waals surface area (Å²) in [5.41, 5.74) is 0.525. The van der Waals surface area contributed by atoms with Crippen LogP contribution in [0.25, 0.3) is 0 Å². The van der Waals surface area contributed by atoms with Gasteiger partial charge in [0.25, 0.3) is 0 Å². The number of rotatable bonds is 6. The maximum Gasteiger partial charge on any atom is 0.222 e. The molecule has 0 bridgehead atoms. The monoisotopic (exact) mass is 373 g/mol. The third kappa shape index (κ3) is 8.17. The van der Waals surface area contributed by atoms with E-state index < -0.39 is 0 Å². The molecule has 0 aromatic heterocycles. The Morgan fingerprint density at radius 1 is 1.36 bits per heavy atom. The number of likely N-dealkylation sites (tertiary alicyclic amines) is 1. The van der Waals surface area contributed by atoms with Gasteiger partial charge < -0.3 is 14.4 Å². The molecule has 0 aliphatic carbocycles. The number of piperidine rings is 1. The molecule has 25 heavy (non-hydrogen) atoms. The summed E-state index contributed by atoms with van der Waals surface area (Å²) in [6.07, 6.45) is 3.97. The van der Waals surface area contributed by atoms with E-state index >= 15 is 0 Å². The number of methoxy groups -OCH3 is 2. The summed E-state index contributed by atoms with van der Waals surface area (Å²) < 4.78 is 22.8. The quantitative estimate of drug-likeness (QED) is 0.746. The second-order valence-corrected chi connectivity index (χ2v) is 6.66. The molecule has 1 amide bonds. The van der Waals surface area contributed by atoms with Crippen molar-refractivity contribution in [1.29, 1.82) is 0 Å². The minimum absolute atomic E-state index is 0.281. The Balaban J connectivity index is 0.000000257. The Morgan fingerprint density at radius 2 is 2.12 bits per heavy atom. The van der Waals surface area contributed by atoms with Crippen LogP contribution < -0.4 is 0 Å². The van der Waals surface area contributed by atoms with Crippen LogP contribution in [0.4, 0.5) is 4.39 Å². The van der Waals surface area contributed by atoms with Crippen LogP contribution in [-0.4, -0.2) is 44.7 Å². The van der Waals surface area contributed by atoms with Crippen molar-refractivity contribution in [3.05, 3.63) is 34.6 Å². The SMILES string of the molecule is CCCC(=O)N1CCCC(COC)C1.COCc1ccc(Cl)cc1F. The van der Waals surface area contributed by atoms with Gasteiger partial charge in [-0.25, -0.2) is 4.39 Å².